The quantitative estimate of drug-likeness (QED) is 0.629. The lowest BCUT2D eigenvalue weighted by atomic mass is 10.0. The molecule has 5 heteroatoms. The highest BCUT2D eigenvalue weighted by Crippen LogP contribution is 2.23. The predicted octanol–water partition coefficient (Wildman–Crippen LogP) is 3.26. The van der Waals surface area contributed by atoms with Crippen LogP contribution >= 0.6 is 0 Å². The molecule has 2 aromatic rings. The van der Waals surface area contributed by atoms with Gasteiger partial charge in [-0.15, -0.1) is 4.91 Å². The molecule has 0 bridgehead atoms. The van der Waals surface area contributed by atoms with Crippen LogP contribution < -0.4 is 0 Å². The molecule has 3 rings (SSSR count). The summed E-state index contributed by atoms with van der Waals surface area (Å²) in [6.07, 6.45) is 3.32. The van der Waals surface area contributed by atoms with Gasteiger partial charge in [0.2, 0.25) is 0 Å². The van der Waals surface area contributed by atoms with Crippen molar-refractivity contribution in [3.05, 3.63) is 81.9 Å². The molecule has 0 saturated heterocycles. The van der Waals surface area contributed by atoms with Gasteiger partial charge in [-0.25, -0.2) is 0 Å². The molecule has 0 radical (unpaired) electrons. The SMILES string of the molecule is O=N/C=C/c1ccccc1CCN1C(=O)c2ccccc2C1=O. The third-order valence-corrected chi connectivity index (χ3v) is 3.85. The van der Waals surface area contributed by atoms with E-state index < -0.39 is 0 Å². The number of hydrogen-bond acceptors (Lipinski definition) is 4. The molecule has 2 aromatic carbocycles. The van der Waals surface area contributed by atoms with E-state index in [1.807, 2.05) is 24.3 Å². The molecule has 5 nitrogen and oxygen atoms in total. The molecule has 114 valence electrons. The number of carbonyl (C=O) groups excluding carboxylic acids is 2. The molecule has 0 aliphatic carbocycles. The highest BCUT2D eigenvalue weighted by Gasteiger charge is 2.34. The monoisotopic (exact) mass is 306 g/mol. The molecule has 0 atom stereocenters. The number of nitrogens with zero attached hydrogens (tertiary/aromatic N) is 2. The fourth-order valence-electron chi connectivity index (χ4n) is 2.71. The van der Waals surface area contributed by atoms with E-state index in [1.54, 1.807) is 30.3 Å². The molecule has 0 unspecified atom stereocenters. The van der Waals surface area contributed by atoms with Crippen LogP contribution in [0.25, 0.3) is 6.08 Å². The van der Waals surface area contributed by atoms with Crippen LogP contribution in [0.2, 0.25) is 0 Å². The molecule has 1 aliphatic rings. The lowest BCUT2D eigenvalue weighted by Gasteiger charge is -2.14. The van der Waals surface area contributed by atoms with Crippen LogP contribution in [-0.2, 0) is 6.42 Å². The van der Waals surface area contributed by atoms with E-state index in [-0.39, 0.29) is 11.8 Å². The second-order valence-electron chi connectivity index (χ2n) is 5.18. The molecule has 1 aliphatic heterocycles. The van der Waals surface area contributed by atoms with Gasteiger partial charge in [0.15, 0.2) is 0 Å². The third kappa shape index (κ3) is 2.81. The first-order valence-corrected chi connectivity index (χ1v) is 7.24. The zero-order valence-corrected chi connectivity index (χ0v) is 12.3. The minimum atomic E-state index is -0.256. The minimum absolute atomic E-state index is 0.256. The normalized spacial score (nSPS) is 13.7. The Morgan fingerprint density at radius 3 is 2.17 bits per heavy atom. The number of fused-ring (bicyclic) bond motifs is 1. The summed E-state index contributed by atoms with van der Waals surface area (Å²) in [6, 6.07) is 14.3. The highest BCUT2D eigenvalue weighted by atomic mass is 16.2. The summed E-state index contributed by atoms with van der Waals surface area (Å²) in [6.45, 7) is 0.297. The number of hydrogen-bond donors (Lipinski definition) is 0. The van der Waals surface area contributed by atoms with Gasteiger partial charge in [0.05, 0.1) is 17.3 Å². The molecule has 0 fully saturated rings. The Hall–Kier alpha value is -3.08. The van der Waals surface area contributed by atoms with E-state index in [2.05, 4.69) is 5.18 Å². The van der Waals surface area contributed by atoms with Gasteiger partial charge in [0.25, 0.3) is 11.8 Å². The first-order valence-electron chi connectivity index (χ1n) is 7.24. The molecule has 23 heavy (non-hydrogen) atoms. The molecule has 0 spiro atoms. The minimum Gasteiger partial charge on any atom is -0.274 e. The Labute approximate surface area is 133 Å². The van der Waals surface area contributed by atoms with Gasteiger partial charge < -0.3 is 0 Å². The van der Waals surface area contributed by atoms with Gasteiger partial charge in [0, 0.05) is 6.54 Å². The van der Waals surface area contributed by atoms with E-state index in [9.17, 15) is 14.5 Å². The third-order valence-electron chi connectivity index (χ3n) is 3.85. The zero-order chi connectivity index (χ0) is 16.2. The predicted molar refractivity (Wildman–Crippen MR) is 86.8 cm³/mol. The average Bonchev–Trinajstić information content (AvgIpc) is 2.83. The van der Waals surface area contributed by atoms with Gasteiger partial charge in [-0.1, -0.05) is 36.4 Å². The topological polar surface area (TPSA) is 66.8 Å². The number of carbonyl (C=O) groups is 2. The van der Waals surface area contributed by atoms with Crippen molar-refractivity contribution in [1.82, 2.24) is 4.90 Å². The Kier molecular flexibility index (Phi) is 4.10. The van der Waals surface area contributed by atoms with E-state index in [0.717, 1.165) is 11.1 Å². The van der Waals surface area contributed by atoms with E-state index >= 15 is 0 Å². The van der Waals surface area contributed by atoms with Crippen molar-refractivity contribution in [2.75, 3.05) is 6.54 Å². The van der Waals surface area contributed by atoms with Crippen LogP contribution in [0, 0.1) is 4.91 Å². The lowest BCUT2D eigenvalue weighted by Crippen LogP contribution is -2.31. The van der Waals surface area contributed by atoms with Crippen molar-refractivity contribution in [2.24, 2.45) is 5.18 Å². The summed E-state index contributed by atoms with van der Waals surface area (Å²) in [5.74, 6) is -0.513. The van der Waals surface area contributed by atoms with Gasteiger partial charge in [-0.05, 0) is 40.9 Å². The van der Waals surface area contributed by atoms with Crippen LogP contribution in [0.5, 0.6) is 0 Å². The van der Waals surface area contributed by atoms with E-state index in [1.165, 1.54) is 11.1 Å². The van der Waals surface area contributed by atoms with Crippen molar-refractivity contribution in [1.29, 1.82) is 0 Å². The van der Waals surface area contributed by atoms with Crippen molar-refractivity contribution in [3.8, 4) is 0 Å². The highest BCUT2D eigenvalue weighted by molar-refractivity contribution is 6.21. The summed E-state index contributed by atoms with van der Waals surface area (Å²) in [5.41, 5.74) is 2.71. The van der Waals surface area contributed by atoms with Crippen molar-refractivity contribution in [3.63, 3.8) is 0 Å². The van der Waals surface area contributed by atoms with Crippen molar-refractivity contribution in [2.45, 2.75) is 6.42 Å². The molecular weight excluding hydrogens is 292 g/mol. The Morgan fingerprint density at radius 2 is 1.52 bits per heavy atom. The molecule has 2 amide bonds. The molecule has 0 aromatic heterocycles. The van der Waals surface area contributed by atoms with Crippen LogP contribution in [0.3, 0.4) is 0 Å². The van der Waals surface area contributed by atoms with Crippen LogP contribution in [-0.4, -0.2) is 23.3 Å². The summed E-state index contributed by atoms with van der Waals surface area (Å²) < 4.78 is 0. The first kappa shape index (κ1) is 14.8. The van der Waals surface area contributed by atoms with Gasteiger partial charge in [-0.2, -0.15) is 0 Å². The number of imide groups is 1. The Morgan fingerprint density at radius 1 is 0.913 bits per heavy atom. The molecular formula is C18H14N2O3. The summed E-state index contributed by atoms with van der Waals surface area (Å²) >= 11 is 0. The smallest absolute Gasteiger partial charge is 0.261 e. The van der Waals surface area contributed by atoms with E-state index in [4.69, 9.17) is 0 Å². The van der Waals surface area contributed by atoms with Crippen molar-refractivity contribution >= 4 is 17.9 Å². The summed E-state index contributed by atoms with van der Waals surface area (Å²) in [5, 5.41) is 2.71. The largest absolute Gasteiger partial charge is 0.274 e. The fourth-order valence-corrected chi connectivity index (χ4v) is 2.71. The molecule has 0 saturated carbocycles. The molecule has 1 heterocycles. The Bertz CT molecular complexity index is 776. The summed E-state index contributed by atoms with van der Waals surface area (Å²) in [7, 11) is 0. The maximum absolute atomic E-state index is 12.3. The van der Waals surface area contributed by atoms with Gasteiger partial charge >= 0.3 is 0 Å². The Balaban J connectivity index is 1.78. The van der Waals surface area contributed by atoms with Crippen LogP contribution in [0.4, 0.5) is 0 Å². The average molecular weight is 306 g/mol. The number of rotatable bonds is 5. The van der Waals surface area contributed by atoms with Gasteiger partial charge in [-0.3, -0.25) is 14.5 Å². The second kappa shape index (κ2) is 6.36. The zero-order valence-electron chi connectivity index (χ0n) is 12.3. The second-order valence-corrected chi connectivity index (χ2v) is 5.18. The molecule has 0 N–H and O–H groups in total. The first-order chi connectivity index (χ1) is 11.2. The lowest BCUT2D eigenvalue weighted by molar-refractivity contribution is 0.0656. The van der Waals surface area contributed by atoms with Crippen LogP contribution in [0.15, 0.2) is 59.9 Å². The number of amides is 2. The fraction of sp³-hybridized carbons (Fsp3) is 0.111. The summed E-state index contributed by atoms with van der Waals surface area (Å²) in [4.78, 5) is 36.1. The van der Waals surface area contributed by atoms with Crippen molar-refractivity contribution < 1.29 is 9.59 Å². The number of nitroso groups, excluding NO2 is 1. The van der Waals surface area contributed by atoms with E-state index in [0.29, 0.717) is 24.1 Å². The standard InChI is InChI=1S/C18H14N2O3/c21-17-15-7-3-4-8-16(15)18(22)20(17)12-10-14-6-2-1-5-13(14)9-11-19-23/h1-9,11H,10,12H2/b11-9+. The van der Waals surface area contributed by atoms with Crippen LogP contribution in [0.1, 0.15) is 31.8 Å². The maximum atomic E-state index is 12.3. The van der Waals surface area contributed by atoms with Gasteiger partial charge in [0.1, 0.15) is 0 Å². The maximum Gasteiger partial charge on any atom is 0.261 e. The number of benzene rings is 2.